The lowest BCUT2D eigenvalue weighted by Crippen LogP contribution is -2.10. The van der Waals surface area contributed by atoms with Gasteiger partial charge in [0.15, 0.2) is 0 Å². The lowest BCUT2D eigenvalue weighted by molar-refractivity contribution is -0.384. The highest BCUT2D eigenvalue weighted by Gasteiger charge is 2.19. The number of rotatable bonds is 4. The average Bonchev–Trinajstić information content (AvgIpc) is 2.75. The number of non-ortho nitro benzene ring substituents is 1. The number of carbonyl (C=O) groups is 1. The number of ether oxygens (including phenoxy) is 1. The van der Waals surface area contributed by atoms with Crippen molar-refractivity contribution in [2.75, 3.05) is 0 Å². The van der Waals surface area contributed by atoms with Gasteiger partial charge in [0, 0.05) is 28.8 Å². The Hall–Kier alpha value is -3.68. The number of halogens is 2. The Morgan fingerprint density at radius 3 is 2.48 bits per heavy atom. The van der Waals surface area contributed by atoms with Crippen molar-refractivity contribution in [1.29, 1.82) is 0 Å². The van der Waals surface area contributed by atoms with Gasteiger partial charge >= 0.3 is 5.97 Å². The van der Waals surface area contributed by atoms with Gasteiger partial charge in [-0.1, -0.05) is 41.4 Å². The van der Waals surface area contributed by atoms with E-state index >= 15 is 0 Å². The molecule has 9 heteroatoms. The third-order valence-corrected chi connectivity index (χ3v) is 5.16. The highest BCUT2D eigenvalue weighted by atomic mass is 35.5. The summed E-state index contributed by atoms with van der Waals surface area (Å²) in [7, 11) is 0. The van der Waals surface area contributed by atoms with Crippen LogP contribution in [0.2, 0.25) is 10.0 Å². The summed E-state index contributed by atoms with van der Waals surface area (Å²) in [5.74, 6) is -0.809. The number of nitro groups is 1. The molecule has 0 unspecified atom stereocenters. The first-order chi connectivity index (χ1) is 14.8. The van der Waals surface area contributed by atoms with E-state index in [-0.39, 0.29) is 38.4 Å². The predicted octanol–water partition coefficient (Wildman–Crippen LogP) is 5.89. The second kappa shape index (κ2) is 8.22. The van der Waals surface area contributed by atoms with Crippen LogP contribution in [0.4, 0.5) is 5.69 Å². The molecule has 0 atom stereocenters. The van der Waals surface area contributed by atoms with Gasteiger partial charge in [-0.15, -0.1) is 0 Å². The molecule has 0 saturated carbocycles. The van der Waals surface area contributed by atoms with E-state index in [1.54, 1.807) is 24.3 Å². The first kappa shape index (κ1) is 20.6. The molecule has 0 spiro atoms. The van der Waals surface area contributed by atoms with Crippen molar-refractivity contribution in [3.8, 4) is 16.9 Å². The molecule has 0 aliphatic heterocycles. The minimum atomic E-state index is -0.886. The van der Waals surface area contributed by atoms with Crippen molar-refractivity contribution < 1.29 is 18.9 Å². The summed E-state index contributed by atoms with van der Waals surface area (Å²) in [6.07, 6.45) is 1.29. The van der Waals surface area contributed by atoms with E-state index in [0.29, 0.717) is 16.1 Å². The highest BCUT2D eigenvalue weighted by molar-refractivity contribution is 6.34. The van der Waals surface area contributed by atoms with Crippen LogP contribution >= 0.6 is 23.2 Å². The summed E-state index contributed by atoms with van der Waals surface area (Å²) in [5, 5.41) is 11.6. The normalized spacial score (nSPS) is 10.8. The topological polar surface area (TPSA) is 99.7 Å². The maximum atomic E-state index is 12.9. The Bertz CT molecular complexity index is 1410. The van der Waals surface area contributed by atoms with Gasteiger partial charge in [0.1, 0.15) is 17.6 Å². The Balaban J connectivity index is 1.68. The van der Waals surface area contributed by atoms with Crippen molar-refractivity contribution in [1.82, 2.24) is 0 Å². The molecule has 1 aromatic heterocycles. The zero-order valence-corrected chi connectivity index (χ0v) is 17.0. The van der Waals surface area contributed by atoms with Crippen LogP contribution in [0.5, 0.6) is 5.75 Å². The van der Waals surface area contributed by atoms with Crippen LogP contribution in [-0.4, -0.2) is 10.9 Å². The Morgan fingerprint density at radius 1 is 0.968 bits per heavy atom. The smallest absolute Gasteiger partial charge is 0.345 e. The lowest BCUT2D eigenvalue weighted by Gasteiger charge is -2.08. The van der Waals surface area contributed by atoms with E-state index in [2.05, 4.69) is 0 Å². The van der Waals surface area contributed by atoms with Gasteiger partial charge in [0.25, 0.3) is 5.69 Å². The lowest BCUT2D eigenvalue weighted by atomic mass is 10.1. The van der Waals surface area contributed by atoms with Crippen LogP contribution in [0.1, 0.15) is 10.4 Å². The summed E-state index contributed by atoms with van der Waals surface area (Å²) < 4.78 is 10.8. The SMILES string of the molecule is O=C(Oc1ccc2c(=O)c(-c3ccccc3Cl)coc2c1)c1cc([N+](=O)[O-])ccc1Cl. The molecule has 0 amide bonds. The second-order valence-corrected chi connectivity index (χ2v) is 7.24. The van der Waals surface area contributed by atoms with E-state index < -0.39 is 10.9 Å². The summed E-state index contributed by atoms with van der Waals surface area (Å²) >= 11 is 12.1. The number of hydrogen-bond acceptors (Lipinski definition) is 6. The average molecular weight is 456 g/mol. The molecule has 0 bridgehead atoms. The molecule has 7 nitrogen and oxygen atoms in total. The fraction of sp³-hybridized carbons (Fsp3) is 0. The maximum absolute atomic E-state index is 12.9. The Morgan fingerprint density at radius 2 is 1.74 bits per heavy atom. The van der Waals surface area contributed by atoms with Crippen LogP contribution in [-0.2, 0) is 0 Å². The maximum Gasteiger partial charge on any atom is 0.345 e. The predicted molar refractivity (Wildman–Crippen MR) is 116 cm³/mol. The van der Waals surface area contributed by atoms with Gasteiger partial charge in [-0.25, -0.2) is 4.79 Å². The largest absolute Gasteiger partial charge is 0.463 e. The van der Waals surface area contributed by atoms with Gasteiger partial charge < -0.3 is 9.15 Å². The highest BCUT2D eigenvalue weighted by Crippen LogP contribution is 2.29. The van der Waals surface area contributed by atoms with Crippen LogP contribution in [0.15, 0.2) is 76.1 Å². The zero-order chi connectivity index (χ0) is 22.1. The monoisotopic (exact) mass is 455 g/mol. The molecule has 0 aliphatic carbocycles. The molecule has 0 aliphatic rings. The van der Waals surface area contributed by atoms with E-state index in [9.17, 15) is 19.7 Å². The minimum Gasteiger partial charge on any atom is -0.463 e. The van der Waals surface area contributed by atoms with Crippen LogP contribution in [0, 0.1) is 10.1 Å². The fourth-order valence-electron chi connectivity index (χ4n) is 2.98. The molecule has 154 valence electrons. The number of carbonyl (C=O) groups excluding carboxylic acids is 1. The number of hydrogen-bond donors (Lipinski definition) is 0. The number of fused-ring (bicyclic) bond motifs is 1. The number of benzene rings is 3. The number of esters is 1. The van der Waals surface area contributed by atoms with Crippen molar-refractivity contribution >= 4 is 45.8 Å². The van der Waals surface area contributed by atoms with Crippen molar-refractivity contribution in [2.45, 2.75) is 0 Å². The van der Waals surface area contributed by atoms with Gasteiger partial charge in [-0.3, -0.25) is 14.9 Å². The Labute approximate surface area is 184 Å². The van der Waals surface area contributed by atoms with Crippen molar-refractivity contribution in [3.63, 3.8) is 0 Å². The molecule has 1 heterocycles. The first-order valence-corrected chi connectivity index (χ1v) is 9.57. The summed E-state index contributed by atoms with van der Waals surface area (Å²) in [5.41, 5.74) is 0.270. The molecule has 4 rings (SSSR count). The second-order valence-electron chi connectivity index (χ2n) is 6.43. The van der Waals surface area contributed by atoms with E-state index in [1.807, 2.05) is 0 Å². The third kappa shape index (κ3) is 4.01. The van der Waals surface area contributed by atoms with Gasteiger partial charge in [-0.2, -0.15) is 0 Å². The number of nitro benzene ring substituents is 1. The van der Waals surface area contributed by atoms with Crippen LogP contribution in [0.25, 0.3) is 22.1 Å². The quantitative estimate of drug-likeness (QED) is 0.164. The number of nitrogens with zero attached hydrogens (tertiary/aromatic N) is 1. The van der Waals surface area contributed by atoms with Crippen LogP contribution < -0.4 is 10.2 Å². The zero-order valence-electron chi connectivity index (χ0n) is 15.5. The molecule has 3 aromatic carbocycles. The van der Waals surface area contributed by atoms with Crippen molar-refractivity contribution in [2.24, 2.45) is 0 Å². The molecular formula is C22H11Cl2NO6. The van der Waals surface area contributed by atoms with Gasteiger partial charge in [0.2, 0.25) is 5.43 Å². The molecule has 0 fully saturated rings. The molecule has 0 radical (unpaired) electrons. The molecular weight excluding hydrogens is 445 g/mol. The van der Waals surface area contributed by atoms with E-state index in [4.69, 9.17) is 32.4 Å². The molecule has 0 N–H and O–H groups in total. The van der Waals surface area contributed by atoms with Crippen LogP contribution in [0.3, 0.4) is 0 Å². The third-order valence-electron chi connectivity index (χ3n) is 4.50. The first-order valence-electron chi connectivity index (χ1n) is 8.82. The standard InChI is InChI=1S/C22H11Cl2NO6/c23-18-4-2-1-3-14(18)17-11-30-20-10-13(6-7-15(20)21(17)26)31-22(27)16-9-12(25(28)29)5-8-19(16)24/h1-11H. The fourth-order valence-corrected chi connectivity index (χ4v) is 3.42. The van der Waals surface area contributed by atoms with Crippen molar-refractivity contribution in [3.05, 3.63) is 103 Å². The summed E-state index contributed by atoms with van der Waals surface area (Å²) in [6, 6.07) is 14.6. The van der Waals surface area contributed by atoms with Gasteiger partial charge in [0.05, 0.1) is 26.5 Å². The summed E-state index contributed by atoms with van der Waals surface area (Å²) in [6.45, 7) is 0. The van der Waals surface area contributed by atoms with E-state index in [1.165, 1.54) is 36.6 Å². The molecule has 4 aromatic rings. The molecule has 0 saturated heterocycles. The van der Waals surface area contributed by atoms with E-state index in [0.717, 1.165) is 6.07 Å². The summed E-state index contributed by atoms with van der Waals surface area (Å²) in [4.78, 5) is 35.6. The molecule has 31 heavy (non-hydrogen) atoms. The van der Waals surface area contributed by atoms with Gasteiger partial charge in [-0.05, 0) is 24.3 Å². The Kier molecular flexibility index (Phi) is 5.46. The minimum absolute atomic E-state index is 0.00676.